The van der Waals surface area contributed by atoms with Crippen molar-refractivity contribution in [1.82, 2.24) is 4.98 Å². The van der Waals surface area contributed by atoms with E-state index in [-0.39, 0.29) is 5.82 Å². The van der Waals surface area contributed by atoms with Crippen molar-refractivity contribution in [3.05, 3.63) is 17.8 Å². The number of aliphatic hydroxyl groups excluding tert-OH is 1. The lowest BCUT2D eigenvalue weighted by atomic mass is 10.2. The highest BCUT2D eigenvalue weighted by atomic mass is 19.4. The van der Waals surface area contributed by atoms with E-state index < -0.39 is 18.8 Å². The molecule has 0 aliphatic rings. The number of aliphatic hydroxyl groups is 1. The number of pyridine rings is 1. The van der Waals surface area contributed by atoms with Gasteiger partial charge in [-0.1, -0.05) is 0 Å². The molecule has 0 spiro atoms. The standard InChI is InChI=1S/C9H12F3N3O/c1-5-3-14-8(2-6(5)13)15-4-7(16)9(10,11)12/h2-3,7,16H,4H2,1H3,(H3,13,14,15). The summed E-state index contributed by atoms with van der Waals surface area (Å²) < 4.78 is 35.9. The predicted octanol–water partition coefficient (Wildman–Crippen LogP) is 1.31. The molecule has 1 atom stereocenters. The molecule has 1 unspecified atom stereocenters. The fourth-order valence-electron chi connectivity index (χ4n) is 0.953. The molecule has 4 nitrogen and oxygen atoms in total. The molecule has 0 aromatic carbocycles. The smallest absolute Gasteiger partial charge is 0.398 e. The van der Waals surface area contributed by atoms with Crippen LogP contribution in [0.25, 0.3) is 0 Å². The second kappa shape index (κ2) is 4.56. The molecular weight excluding hydrogens is 223 g/mol. The summed E-state index contributed by atoms with van der Waals surface area (Å²) in [5.74, 6) is 0.200. The number of nitrogen functional groups attached to an aromatic ring is 1. The highest BCUT2D eigenvalue weighted by Crippen LogP contribution is 2.20. The number of hydrogen-bond acceptors (Lipinski definition) is 4. The third kappa shape index (κ3) is 3.27. The zero-order valence-electron chi connectivity index (χ0n) is 8.54. The van der Waals surface area contributed by atoms with Crippen molar-refractivity contribution in [3.63, 3.8) is 0 Å². The van der Waals surface area contributed by atoms with Crippen molar-refractivity contribution < 1.29 is 18.3 Å². The average molecular weight is 235 g/mol. The number of anilines is 2. The zero-order chi connectivity index (χ0) is 12.3. The first-order valence-corrected chi connectivity index (χ1v) is 4.51. The summed E-state index contributed by atoms with van der Waals surface area (Å²) in [5, 5.41) is 11.1. The molecule has 0 aliphatic heterocycles. The van der Waals surface area contributed by atoms with Crippen LogP contribution in [0.15, 0.2) is 12.3 Å². The molecule has 1 rings (SSSR count). The summed E-state index contributed by atoms with van der Waals surface area (Å²) in [6.45, 7) is 1.08. The van der Waals surface area contributed by atoms with E-state index >= 15 is 0 Å². The number of nitrogens with one attached hydrogen (secondary N) is 1. The molecule has 16 heavy (non-hydrogen) atoms. The van der Waals surface area contributed by atoms with Crippen LogP contribution in [-0.2, 0) is 0 Å². The molecule has 0 fully saturated rings. The lowest BCUT2D eigenvalue weighted by Gasteiger charge is -2.15. The minimum absolute atomic E-state index is 0.200. The maximum absolute atomic E-state index is 12.0. The summed E-state index contributed by atoms with van der Waals surface area (Å²) in [4.78, 5) is 3.82. The molecule has 0 saturated carbocycles. The number of nitrogens with zero attached hydrogens (tertiary/aromatic N) is 1. The molecule has 1 heterocycles. The Balaban J connectivity index is 2.58. The van der Waals surface area contributed by atoms with Gasteiger partial charge >= 0.3 is 6.18 Å². The van der Waals surface area contributed by atoms with E-state index in [9.17, 15) is 13.2 Å². The van der Waals surface area contributed by atoms with Crippen LogP contribution in [0.1, 0.15) is 5.56 Å². The Labute approximate surface area is 90.3 Å². The average Bonchev–Trinajstić information content (AvgIpc) is 2.18. The normalized spacial score (nSPS) is 13.6. The van der Waals surface area contributed by atoms with E-state index in [4.69, 9.17) is 10.8 Å². The van der Waals surface area contributed by atoms with Gasteiger partial charge in [-0.25, -0.2) is 4.98 Å². The Morgan fingerprint density at radius 2 is 2.19 bits per heavy atom. The van der Waals surface area contributed by atoms with E-state index in [1.165, 1.54) is 12.3 Å². The number of alkyl halides is 3. The summed E-state index contributed by atoms with van der Waals surface area (Å²) in [6, 6.07) is 1.42. The minimum Gasteiger partial charge on any atom is -0.398 e. The number of rotatable bonds is 3. The number of aromatic nitrogens is 1. The van der Waals surface area contributed by atoms with Gasteiger partial charge in [-0.05, 0) is 12.5 Å². The summed E-state index contributed by atoms with van der Waals surface area (Å²) in [5.41, 5.74) is 6.72. The Hall–Kier alpha value is -1.50. The van der Waals surface area contributed by atoms with Gasteiger partial charge in [-0.15, -0.1) is 0 Å². The van der Waals surface area contributed by atoms with Crippen LogP contribution >= 0.6 is 0 Å². The van der Waals surface area contributed by atoms with Gasteiger partial charge in [0.25, 0.3) is 0 Å². The molecule has 1 aromatic rings. The molecule has 0 saturated heterocycles. The maximum Gasteiger partial charge on any atom is 0.416 e. The van der Waals surface area contributed by atoms with E-state index in [0.29, 0.717) is 5.69 Å². The second-order valence-electron chi connectivity index (χ2n) is 3.36. The molecule has 0 radical (unpaired) electrons. The van der Waals surface area contributed by atoms with Crippen molar-refractivity contribution in [2.24, 2.45) is 0 Å². The summed E-state index contributed by atoms with van der Waals surface area (Å²) >= 11 is 0. The van der Waals surface area contributed by atoms with Crippen LogP contribution in [0.2, 0.25) is 0 Å². The molecule has 0 bridgehead atoms. The first kappa shape index (κ1) is 12.6. The van der Waals surface area contributed by atoms with E-state index in [1.54, 1.807) is 6.92 Å². The Kier molecular flexibility index (Phi) is 3.58. The van der Waals surface area contributed by atoms with Crippen LogP contribution in [0, 0.1) is 6.92 Å². The highest BCUT2D eigenvalue weighted by molar-refractivity contribution is 5.53. The number of halogens is 3. The quantitative estimate of drug-likeness (QED) is 0.738. The molecule has 4 N–H and O–H groups in total. The second-order valence-corrected chi connectivity index (χ2v) is 3.36. The minimum atomic E-state index is -4.64. The van der Waals surface area contributed by atoms with Crippen molar-refractivity contribution in [3.8, 4) is 0 Å². The fraction of sp³-hybridized carbons (Fsp3) is 0.444. The van der Waals surface area contributed by atoms with Crippen molar-refractivity contribution in [2.75, 3.05) is 17.6 Å². The van der Waals surface area contributed by atoms with Crippen LogP contribution < -0.4 is 11.1 Å². The van der Waals surface area contributed by atoms with Gasteiger partial charge < -0.3 is 16.2 Å². The largest absolute Gasteiger partial charge is 0.416 e. The van der Waals surface area contributed by atoms with E-state index in [1.807, 2.05) is 0 Å². The third-order valence-electron chi connectivity index (χ3n) is 2.00. The number of aryl methyl sites for hydroxylation is 1. The molecular formula is C9H12F3N3O. The topological polar surface area (TPSA) is 71.2 Å². The van der Waals surface area contributed by atoms with Crippen molar-refractivity contribution >= 4 is 11.5 Å². The van der Waals surface area contributed by atoms with Crippen LogP contribution in [0.5, 0.6) is 0 Å². The molecule has 90 valence electrons. The first-order chi connectivity index (χ1) is 7.30. The predicted molar refractivity (Wildman–Crippen MR) is 53.9 cm³/mol. The molecule has 7 heteroatoms. The van der Waals surface area contributed by atoms with Gasteiger partial charge in [0.1, 0.15) is 5.82 Å². The van der Waals surface area contributed by atoms with E-state index in [0.717, 1.165) is 5.56 Å². The van der Waals surface area contributed by atoms with Gasteiger partial charge in [0.15, 0.2) is 6.10 Å². The maximum atomic E-state index is 12.0. The van der Waals surface area contributed by atoms with Crippen molar-refractivity contribution in [2.45, 2.75) is 19.2 Å². The van der Waals surface area contributed by atoms with Gasteiger partial charge in [-0.3, -0.25) is 0 Å². The Morgan fingerprint density at radius 1 is 1.56 bits per heavy atom. The SMILES string of the molecule is Cc1cnc(NCC(O)C(F)(F)F)cc1N. The summed E-state index contributed by atoms with van der Waals surface area (Å²) in [7, 11) is 0. The third-order valence-corrected chi connectivity index (χ3v) is 2.00. The monoisotopic (exact) mass is 235 g/mol. The van der Waals surface area contributed by atoms with E-state index in [2.05, 4.69) is 10.3 Å². The van der Waals surface area contributed by atoms with Gasteiger partial charge in [0.05, 0.1) is 6.54 Å². The lowest BCUT2D eigenvalue weighted by Crippen LogP contribution is -2.35. The summed E-state index contributed by atoms with van der Waals surface area (Å²) in [6.07, 6.45) is -5.61. The Morgan fingerprint density at radius 3 is 2.69 bits per heavy atom. The molecule has 1 aromatic heterocycles. The lowest BCUT2D eigenvalue weighted by molar-refractivity contribution is -0.198. The molecule has 0 amide bonds. The van der Waals surface area contributed by atoms with Crippen molar-refractivity contribution in [1.29, 1.82) is 0 Å². The number of nitrogens with two attached hydrogens (primary N) is 1. The highest BCUT2D eigenvalue weighted by Gasteiger charge is 2.37. The number of hydrogen-bond donors (Lipinski definition) is 3. The van der Waals surface area contributed by atoms with Gasteiger partial charge in [0.2, 0.25) is 0 Å². The van der Waals surface area contributed by atoms with Crippen LogP contribution in [0.3, 0.4) is 0 Å². The van der Waals surface area contributed by atoms with Gasteiger partial charge in [-0.2, -0.15) is 13.2 Å². The van der Waals surface area contributed by atoms with Crippen LogP contribution in [-0.4, -0.2) is 28.9 Å². The molecule has 0 aliphatic carbocycles. The fourth-order valence-corrected chi connectivity index (χ4v) is 0.953. The van der Waals surface area contributed by atoms with Crippen LogP contribution in [0.4, 0.5) is 24.7 Å². The van der Waals surface area contributed by atoms with Gasteiger partial charge in [0, 0.05) is 18.0 Å². The zero-order valence-corrected chi connectivity index (χ0v) is 8.54. The first-order valence-electron chi connectivity index (χ1n) is 4.51. The Bertz CT molecular complexity index is 368.